The maximum absolute atomic E-state index is 12.8. The van der Waals surface area contributed by atoms with Crippen molar-refractivity contribution < 1.29 is 4.79 Å². The zero-order chi connectivity index (χ0) is 18.2. The van der Waals surface area contributed by atoms with Gasteiger partial charge in [-0.2, -0.15) is 0 Å². The van der Waals surface area contributed by atoms with E-state index in [4.69, 9.17) is 0 Å². The number of pyridine rings is 1. The molecule has 1 aliphatic carbocycles. The first-order valence-corrected chi connectivity index (χ1v) is 8.83. The summed E-state index contributed by atoms with van der Waals surface area (Å²) in [5.41, 5.74) is 2.96. The Morgan fingerprint density at radius 1 is 1.07 bits per heavy atom. The number of carbonyl (C=O) groups is 1. The number of tetrazole rings is 1. The molecular weight excluding hydrogens is 340 g/mol. The molecule has 27 heavy (non-hydrogen) atoms. The molecule has 1 aliphatic rings. The lowest BCUT2D eigenvalue weighted by Crippen LogP contribution is -2.12. The van der Waals surface area contributed by atoms with Crippen LogP contribution in [0.2, 0.25) is 0 Å². The molecule has 0 spiro atoms. The lowest BCUT2D eigenvalue weighted by atomic mass is 10.1. The molecule has 0 bridgehead atoms. The van der Waals surface area contributed by atoms with Crippen molar-refractivity contribution in [2.24, 2.45) is 0 Å². The van der Waals surface area contributed by atoms with Gasteiger partial charge in [-0.1, -0.05) is 30.3 Å². The van der Waals surface area contributed by atoms with Gasteiger partial charge in [0.05, 0.1) is 17.1 Å². The van der Waals surface area contributed by atoms with Gasteiger partial charge in [-0.15, -0.1) is 5.10 Å². The first kappa shape index (κ1) is 15.6. The topological polar surface area (TPSA) is 85.6 Å². The fraction of sp³-hybridized carbons (Fsp3) is 0.150. The average Bonchev–Trinajstić information content (AvgIpc) is 3.44. The van der Waals surface area contributed by atoms with E-state index in [1.54, 1.807) is 12.3 Å². The lowest BCUT2D eigenvalue weighted by Gasteiger charge is -2.09. The summed E-state index contributed by atoms with van der Waals surface area (Å²) in [6.45, 7) is 0. The number of para-hydroxylation sites is 1. The van der Waals surface area contributed by atoms with Crippen molar-refractivity contribution in [1.82, 2.24) is 25.2 Å². The van der Waals surface area contributed by atoms with Crippen molar-refractivity contribution in [3.05, 3.63) is 66.4 Å². The second kappa shape index (κ2) is 6.28. The average molecular weight is 356 g/mol. The van der Waals surface area contributed by atoms with Gasteiger partial charge in [-0.3, -0.25) is 9.78 Å². The molecule has 1 amide bonds. The summed E-state index contributed by atoms with van der Waals surface area (Å²) >= 11 is 0. The number of hydrogen-bond acceptors (Lipinski definition) is 5. The molecule has 4 aromatic rings. The summed E-state index contributed by atoms with van der Waals surface area (Å²) < 4.78 is 1.86. The van der Waals surface area contributed by atoms with Gasteiger partial charge in [-0.05, 0) is 47.5 Å². The molecule has 0 unspecified atom stereocenters. The van der Waals surface area contributed by atoms with Crippen molar-refractivity contribution >= 4 is 22.5 Å². The molecule has 1 N–H and O–H groups in total. The number of aromatic nitrogens is 5. The fourth-order valence-corrected chi connectivity index (χ4v) is 3.18. The molecule has 132 valence electrons. The van der Waals surface area contributed by atoms with Gasteiger partial charge in [-0.25, -0.2) is 4.68 Å². The molecule has 1 fully saturated rings. The summed E-state index contributed by atoms with van der Waals surface area (Å²) in [6, 6.07) is 17.3. The van der Waals surface area contributed by atoms with Crippen molar-refractivity contribution in [1.29, 1.82) is 0 Å². The molecular formula is C20H16N6O. The van der Waals surface area contributed by atoms with Crippen LogP contribution in [0, 0.1) is 0 Å². The number of fused-ring (bicyclic) bond motifs is 1. The van der Waals surface area contributed by atoms with Gasteiger partial charge < -0.3 is 5.32 Å². The molecule has 2 aromatic heterocycles. The summed E-state index contributed by atoms with van der Waals surface area (Å²) in [4.78, 5) is 17.1. The maximum Gasteiger partial charge on any atom is 0.256 e. The van der Waals surface area contributed by atoms with Crippen molar-refractivity contribution in [3.8, 4) is 11.4 Å². The Morgan fingerprint density at radius 2 is 1.96 bits per heavy atom. The Kier molecular flexibility index (Phi) is 3.64. The standard InChI is InChI=1S/C20H16N6O/c27-20(17-10-11-21-18-7-2-1-6-16(17)18)22-14-5-3-4-13(12-14)19-23-24-25-26(19)15-8-9-15/h1-7,10-12,15H,8-9H2,(H,22,27). The van der Waals surface area contributed by atoms with E-state index in [9.17, 15) is 4.79 Å². The molecule has 1 saturated carbocycles. The number of nitrogens with one attached hydrogen (secondary N) is 1. The van der Waals surface area contributed by atoms with Crippen LogP contribution in [0.25, 0.3) is 22.3 Å². The molecule has 0 atom stereocenters. The lowest BCUT2D eigenvalue weighted by molar-refractivity contribution is 0.102. The second-order valence-corrected chi connectivity index (χ2v) is 6.59. The number of carbonyl (C=O) groups excluding carboxylic acids is 1. The Morgan fingerprint density at radius 3 is 2.85 bits per heavy atom. The summed E-state index contributed by atoms with van der Waals surface area (Å²) in [5.74, 6) is 0.551. The number of benzene rings is 2. The highest BCUT2D eigenvalue weighted by molar-refractivity contribution is 6.12. The highest BCUT2D eigenvalue weighted by atomic mass is 16.1. The van der Waals surface area contributed by atoms with Crippen LogP contribution in [-0.4, -0.2) is 31.1 Å². The van der Waals surface area contributed by atoms with Gasteiger partial charge in [0.1, 0.15) is 0 Å². The zero-order valence-corrected chi connectivity index (χ0v) is 14.4. The summed E-state index contributed by atoms with van der Waals surface area (Å²) in [6.07, 6.45) is 3.85. The highest BCUT2D eigenvalue weighted by Crippen LogP contribution is 2.36. The third-order valence-corrected chi connectivity index (χ3v) is 4.66. The van der Waals surface area contributed by atoms with Crippen molar-refractivity contribution in [2.45, 2.75) is 18.9 Å². The predicted octanol–water partition coefficient (Wildman–Crippen LogP) is 3.48. The maximum atomic E-state index is 12.8. The largest absolute Gasteiger partial charge is 0.322 e. The van der Waals surface area contributed by atoms with Crippen LogP contribution < -0.4 is 5.32 Å². The number of rotatable bonds is 4. The van der Waals surface area contributed by atoms with Gasteiger partial charge in [0.15, 0.2) is 5.82 Å². The number of anilines is 1. The van der Waals surface area contributed by atoms with Crippen LogP contribution in [0.15, 0.2) is 60.8 Å². The minimum Gasteiger partial charge on any atom is -0.322 e. The molecule has 2 aromatic carbocycles. The summed E-state index contributed by atoms with van der Waals surface area (Å²) in [5, 5.41) is 15.8. The Hall–Kier alpha value is -3.61. The van der Waals surface area contributed by atoms with Crippen LogP contribution in [-0.2, 0) is 0 Å². The van der Waals surface area contributed by atoms with Crippen LogP contribution in [0.4, 0.5) is 5.69 Å². The first-order chi connectivity index (χ1) is 13.3. The molecule has 7 nitrogen and oxygen atoms in total. The minimum atomic E-state index is -0.174. The van der Waals surface area contributed by atoms with E-state index < -0.39 is 0 Å². The molecule has 5 rings (SSSR count). The minimum absolute atomic E-state index is 0.174. The fourth-order valence-electron chi connectivity index (χ4n) is 3.18. The molecule has 0 radical (unpaired) electrons. The SMILES string of the molecule is O=C(Nc1cccc(-c2nnnn2C2CC2)c1)c1ccnc2ccccc12. The van der Waals surface area contributed by atoms with Gasteiger partial charge >= 0.3 is 0 Å². The van der Waals surface area contributed by atoms with Gasteiger partial charge in [0.25, 0.3) is 5.91 Å². The van der Waals surface area contributed by atoms with Crippen LogP contribution in [0.3, 0.4) is 0 Å². The van der Waals surface area contributed by atoms with Crippen molar-refractivity contribution in [2.75, 3.05) is 5.32 Å². The molecule has 0 aliphatic heterocycles. The number of hydrogen-bond donors (Lipinski definition) is 1. The van der Waals surface area contributed by atoms with E-state index in [0.717, 1.165) is 35.1 Å². The van der Waals surface area contributed by atoms with Gasteiger partial charge in [0.2, 0.25) is 0 Å². The Balaban J connectivity index is 1.45. The monoisotopic (exact) mass is 356 g/mol. The first-order valence-electron chi connectivity index (χ1n) is 8.83. The molecule has 2 heterocycles. The number of nitrogens with zero attached hydrogens (tertiary/aromatic N) is 5. The van der Waals surface area contributed by atoms with Gasteiger partial charge in [0, 0.05) is 22.8 Å². The third-order valence-electron chi connectivity index (χ3n) is 4.66. The highest BCUT2D eigenvalue weighted by Gasteiger charge is 2.28. The predicted molar refractivity (Wildman–Crippen MR) is 101 cm³/mol. The van der Waals surface area contributed by atoms with Crippen molar-refractivity contribution in [3.63, 3.8) is 0 Å². The van der Waals surface area contributed by atoms with E-state index in [0.29, 0.717) is 17.3 Å². The van der Waals surface area contributed by atoms with Crippen LogP contribution in [0.1, 0.15) is 29.2 Å². The zero-order valence-electron chi connectivity index (χ0n) is 14.4. The molecule has 7 heteroatoms. The second-order valence-electron chi connectivity index (χ2n) is 6.59. The van der Waals surface area contributed by atoms with E-state index in [2.05, 4.69) is 25.8 Å². The normalized spacial score (nSPS) is 13.6. The number of amides is 1. The third kappa shape index (κ3) is 2.93. The smallest absolute Gasteiger partial charge is 0.256 e. The molecule has 0 saturated heterocycles. The van der Waals surface area contributed by atoms with Crippen LogP contribution in [0.5, 0.6) is 0 Å². The van der Waals surface area contributed by atoms with E-state index >= 15 is 0 Å². The quantitative estimate of drug-likeness (QED) is 0.605. The Bertz CT molecular complexity index is 1140. The van der Waals surface area contributed by atoms with E-state index in [1.165, 1.54) is 0 Å². The Labute approximate surface area is 155 Å². The van der Waals surface area contributed by atoms with E-state index in [-0.39, 0.29) is 5.91 Å². The van der Waals surface area contributed by atoms with Crippen LogP contribution >= 0.6 is 0 Å². The van der Waals surface area contributed by atoms with E-state index in [1.807, 2.05) is 53.2 Å². The summed E-state index contributed by atoms with van der Waals surface area (Å²) in [7, 11) is 0.